The van der Waals surface area contributed by atoms with E-state index in [1.165, 1.54) is 16.7 Å². The molecule has 0 bridgehead atoms. The van der Waals surface area contributed by atoms with Crippen LogP contribution >= 0.6 is 0 Å². The molecule has 0 unspecified atom stereocenters. The molecule has 1 heteroatoms. The van der Waals surface area contributed by atoms with E-state index in [0.29, 0.717) is 5.92 Å². The maximum absolute atomic E-state index is 6.23. The van der Waals surface area contributed by atoms with Crippen LogP contribution in [0, 0.1) is 6.92 Å². The molecule has 0 aliphatic carbocycles. The van der Waals surface area contributed by atoms with Crippen LogP contribution in [0.25, 0.3) is 17.2 Å². The van der Waals surface area contributed by atoms with Gasteiger partial charge in [-0.2, -0.15) is 0 Å². The van der Waals surface area contributed by atoms with Gasteiger partial charge < -0.3 is 4.74 Å². The minimum absolute atomic E-state index is 0.521. The molecular weight excluding hydrogens is 316 g/mol. The molecule has 3 aromatic carbocycles. The van der Waals surface area contributed by atoms with Crippen molar-refractivity contribution < 1.29 is 4.74 Å². The number of allylic oxidation sites excluding steroid dienone is 1. The summed E-state index contributed by atoms with van der Waals surface area (Å²) in [4.78, 5) is 0. The number of benzene rings is 3. The van der Waals surface area contributed by atoms with E-state index in [9.17, 15) is 0 Å². The number of aryl methyl sites for hydroxylation is 1. The lowest BCUT2D eigenvalue weighted by Gasteiger charge is -2.13. The standard InChI is InChI=1S/C25H26O/c1-5-6-22-11-12-23(21-9-7-19(4)8-10-21)17-25(22)26-24-15-13-20(14-16-24)18(2)3/h5-18H,1-4H3/b6-5+. The molecule has 1 nitrogen and oxygen atoms in total. The van der Waals surface area contributed by atoms with Gasteiger partial charge in [0.2, 0.25) is 0 Å². The Bertz CT molecular complexity index is 884. The second kappa shape index (κ2) is 8.05. The third-order valence-corrected chi connectivity index (χ3v) is 4.52. The second-order valence-corrected chi connectivity index (χ2v) is 6.94. The normalized spacial score (nSPS) is 11.3. The fourth-order valence-corrected chi connectivity index (χ4v) is 2.91. The third-order valence-electron chi connectivity index (χ3n) is 4.52. The molecule has 0 aliphatic heterocycles. The first-order valence-corrected chi connectivity index (χ1v) is 9.18. The van der Waals surface area contributed by atoms with Crippen LogP contribution in [0.15, 0.2) is 72.8 Å². The van der Waals surface area contributed by atoms with Gasteiger partial charge in [0.15, 0.2) is 0 Å². The van der Waals surface area contributed by atoms with Gasteiger partial charge in [0, 0.05) is 5.56 Å². The van der Waals surface area contributed by atoms with E-state index in [2.05, 4.69) is 81.4 Å². The number of hydrogen-bond donors (Lipinski definition) is 0. The van der Waals surface area contributed by atoms with Crippen LogP contribution in [-0.2, 0) is 0 Å². The molecular formula is C25H26O. The minimum Gasteiger partial charge on any atom is -0.457 e. The number of rotatable bonds is 5. The van der Waals surface area contributed by atoms with Crippen molar-refractivity contribution in [3.63, 3.8) is 0 Å². The SMILES string of the molecule is C/C=C/c1ccc(-c2ccc(C)cc2)cc1Oc1ccc(C(C)C)cc1. The zero-order valence-electron chi connectivity index (χ0n) is 16.0. The number of hydrogen-bond acceptors (Lipinski definition) is 1. The van der Waals surface area contributed by atoms with Gasteiger partial charge >= 0.3 is 0 Å². The van der Waals surface area contributed by atoms with Gasteiger partial charge in [-0.1, -0.05) is 80.1 Å². The van der Waals surface area contributed by atoms with E-state index in [-0.39, 0.29) is 0 Å². The van der Waals surface area contributed by atoms with Crippen molar-refractivity contribution in [3.8, 4) is 22.6 Å². The van der Waals surface area contributed by atoms with Crippen LogP contribution in [0.5, 0.6) is 11.5 Å². The predicted octanol–water partition coefficient (Wildman–Crippen LogP) is 7.61. The molecule has 0 aromatic heterocycles. The minimum atomic E-state index is 0.521. The van der Waals surface area contributed by atoms with Gasteiger partial charge in [-0.3, -0.25) is 0 Å². The Morgan fingerprint density at radius 3 is 2.08 bits per heavy atom. The lowest BCUT2D eigenvalue weighted by Crippen LogP contribution is -1.91. The molecule has 0 radical (unpaired) electrons. The maximum Gasteiger partial charge on any atom is 0.135 e. The summed E-state index contributed by atoms with van der Waals surface area (Å²) in [7, 11) is 0. The summed E-state index contributed by atoms with van der Waals surface area (Å²) in [6, 6.07) is 23.3. The van der Waals surface area contributed by atoms with Gasteiger partial charge in [-0.25, -0.2) is 0 Å². The Hall–Kier alpha value is -2.80. The largest absolute Gasteiger partial charge is 0.457 e. The first kappa shape index (κ1) is 18.0. The molecule has 0 heterocycles. The van der Waals surface area contributed by atoms with Crippen molar-refractivity contribution in [2.45, 2.75) is 33.6 Å². The van der Waals surface area contributed by atoms with Crippen LogP contribution in [0.4, 0.5) is 0 Å². The molecule has 0 fully saturated rings. The summed E-state index contributed by atoms with van der Waals surface area (Å²) >= 11 is 0. The highest BCUT2D eigenvalue weighted by Gasteiger charge is 2.07. The third kappa shape index (κ3) is 4.23. The van der Waals surface area contributed by atoms with Crippen molar-refractivity contribution in [2.75, 3.05) is 0 Å². The molecule has 0 saturated carbocycles. The topological polar surface area (TPSA) is 9.23 Å². The smallest absolute Gasteiger partial charge is 0.135 e. The first-order chi connectivity index (χ1) is 12.6. The second-order valence-electron chi connectivity index (χ2n) is 6.94. The molecule has 3 rings (SSSR count). The maximum atomic E-state index is 6.23. The number of ether oxygens (including phenoxy) is 1. The molecule has 0 N–H and O–H groups in total. The summed E-state index contributed by atoms with van der Waals surface area (Å²) < 4.78 is 6.23. The van der Waals surface area contributed by atoms with Gasteiger partial charge in [0.05, 0.1) is 0 Å². The van der Waals surface area contributed by atoms with E-state index >= 15 is 0 Å². The Balaban J connectivity index is 1.95. The molecule has 0 spiro atoms. The van der Waals surface area contributed by atoms with E-state index in [4.69, 9.17) is 4.74 Å². The van der Waals surface area contributed by atoms with Crippen LogP contribution in [0.2, 0.25) is 0 Å². The molecule has 0 saturated heterocycles. The summed E-state index contributed by atoms with van der Waals surface area (Å²) in [5, 5.41) is 0. The monoisotopic (exact) mass is 342 g/mol. The highest BCUT2D eigenvalue weighted by Crippen LogP contribution is 2.32. The lowest BCUT2D eigenvalue weighted by atomic mass is 10.0. The Morgan fingerprint density at radius 1 is 0.808 bits per heavy atom. The molecule has 0 atom stereocenters. The quantitative estimate of drug-likeness (QED) is 0.463. The molecule has 0 aliphatic rings. The Kier molecular flexibility index (Phi) is 5.58. The highest BCUT2D eigenvalue weighted by molar-refractivity contribution is 5.70. The van der Waals surface area contributed by atoms with Crippen molar-refractivity contribution in [2.24, 2.45) is 0 Å². The summed E-state index contributed by atoms with van der Waals surface area (Å²) in [5.74, 6) is 2.26. The van der Waals surface area contributed by atoms with E-state index < -0.39 is 0 Å². The highest BCUT2D eigenvalue weighted by atomic mass is 16.5. The van der Waals surface area contributed by atoms with Crippen molar-refractivity contribution in [3.05, 3.63) is 89.5 Å². The Morgan fingerprint density at radius 2 is 1.46 bits per heavy atom. The molecule has 3 aromatic rings. The van der Waals surface area contributed by atoms with Gasteiger partial charge in [-0.05, 0) is 54.7 Å². The van der Waals surface area contributed by atoms with Gasteiger partial charge in [0.1, 0.15) is 11.5 Å². The van der Waals surface area contributed by atoms with E-state index in [1.807, 2.05) is 25.1 Å². The fourth-order valence-electron chi connectivity index (χ4n) is 2.91. The van der Waals surface area contributed by atoms with Crippen LogP contribution in [0.3, 0.4) is 0 Å². The summed E-state index contributed by atoms with van der Waals surface area (Å²) in [6.07, 6.45) is 4.12. The zero-order chi connectivity index (χ0) is 18.5. The van der Waals surface area contributed by atoms with Gasteiger partial charge in [0.25, 0.3) is 0 Å². The van der Waals surface area contributed by atoms with Crippen molar-refractivity contribution >= 4 is 6.08 Å². The van der Waals surface area contributed by atoms with Crippen molar-refractivity contribution in [1.82, 2.24) is 0 Å². The molecule has 26 heavy (non-hydrogen) atoms. The zero-order valence-corrected chi connectivity index (χ0v) is 16.0. The lowest BCUT2D eigenvalue weighted by molar-refractivity contribution is 0.481. The average molecular weight is 342 g/mol. The molecule has 132 valence electrons. The van der Waals surface area contributed by atoms with E-state index in [1.54, 1.807) is 0 Å². The fraction of sp³-hybridized carbons (Fsp3) is 0.200. The first-order valence-electron chi connectivity index (χ1n) is 9.18. The van der Waals surface area contributed by atoms with E-state index in [0.717, 1.165) is 22.6 Å². The van der Waals surface area contributed by atoms with Crippen LogP contribution in [-0.4, -0.2) is 0 Å². The Labute approximate surface area is 157 Å². The summed E-state index contributed by atoms with van der Waals surface area (Å²) in [5.41, 5.74) is 6.02. The average Bonchev–Trinajstić information content (AvgIpc) is 2.64. The summed E-state index contributed by atoms with van der Waals surface area (Å²) in [6.45, 7) is 8.53. The van der Waals surface area contributed by atoms with Crippen molar-refractivity contribution in [1.29, 1.82) is 0 Å². The van der Waals surface area contributed by atoms with Crippen LogP contribution < -0.4 is 4.74 Å². The predicted molar refractivity (Wildman–Crippen MR) is 112 cm³/mol. The van der Waals surface area contributed by atoms with Gasteiger partial charge in [-0.15, -0.1) is 0 Å². The molecule has 0 amide bonds. The van der Waals surface area contributed by atoms with Crippen LogP contribution in [0.1, 0.15) is 43.4 Å².